The molecule has 2 saturated heterocycles. The first-order valence-corrected chi connectivity index (χ1v) is 9.52. The lowest BCUT2D eigenvalue weighted by Gasteiger charge is -2.25. The van der Waals surface area contributed by atoms with Crippen LogP contribution in [-0.2, 0) is 4.79 Å². The number of amides is 1. The zero-order valence-corrected chi connectivity index (χ0v) is 14.8. The van der Waals surface area contributed by atoms with Gasteiger partial charge in [0.25, 0.3) is 0 Å². The highest BCUT2D eigenvalue weighted by Gasteiger charge is 2.29. The molecular formula is C18H26N2O2S. The number of likely N-dealkylation sites (tertiary alicyclic amines) is 1. The third-order valence-corrected chi connectivity index (χ3v) is 6.19. The Labute approximate surface area is 143 Å². The second-order valence-corrected chi connectivity index (χ2v) is 7.68. The van der Waals surface area contributed by atoms with Gasteiger partial charge in [0.2, 0.25) is 5.91 Å². The third kappa shape index (κ3) is 4.01. The molecule has 126 valence electrons. The van der Waals surface area contributed by atoms with Crippen LogP contribution in [0.4, 0.5) is 0 Å². The van der Waals surface area contributed by atoms with Crippen LogP contribution in [0.1, 0.15) is 24.3 Å². The van der Waals surface area contributed by atoms with E-state index in [-0.39, 0.29) is 5.91 Å². The molecule has 0 aliphatic carbocycles. The van der Waals surface area contributed by atoms with Gasteiger partial charge in [0, 0.05) is 30.8 Å². The summed E-state index contributed by atoms with van der Waals surface area (Å²) in [5.74, 6) is 4.01. The Bertz CT molecular complexity index is 528. The van der Waals surface area contributed by atoms with Crippen LogP contribution in [0.15, 0.2) is 24.3 Å². The van der Waals surface area contributed by atoms with Crippen molar-refractivity contribution < 1.29 is 9.53 Å². The van der Waals surface area contributed by atoms with Gasteiger partial charge >= 0.3 is 0 Å². The monoisotopic (exact) mass is 334 g/mol. The van der Waals surface area contributed by atoms with Gasteiger partial charge in [-0.3, -0.25) is 9.69 Å². The molecule has 5 heteroatoms. The van der Waals surface area contributed by atoms with E-state index in [9.17, 15) is 4.79 Å². The minimum Gasteiger partial charge on any atom is -0.497 e. The molecule has 1 aromatic rings. The molecule has 2 atom stereocenters. The molecule has 0 radical (unpaired) electrons. The number of nitrogens with zero attached hydrogens (tertiary/aromatic N) is 2. The second kappa shape index (κ2) is 7.58. The molecule has 0 aromatic heterocycles. The maximum atomic E-state index is 12.5. The average molecular weight is 334 g/mol. The summed E-state index contributed by atoms with van der Waals surface area (Å²) < 4.78 is 5.21. The highest BCUT2D eigenvalue weighted by atomic mass is 32.2. The summed E-state index contributed by atoms with van der Waals surface area (Å²) in [4.78, 5) is 16.8. The van der Waals surface area contributed by atoms with E-state index in [0.29, 0.717) is 18.5 Å². The van der Waals surface area contributed by atoms with E-state index in [0.717, 1.165) is 31.0 Å². The van der Waals surface area contributed by atoms with E-state index in [1.165, 1.54) is 17.7 Å². The fraction of sp³-hybridized carbons (Fsp3) is 0.611. The molecule has 2 aliphatic rings. The van der Waals surface area contributed by atoms with Crippen molar-refractivity contribution in [3.8, 4) is 5.75 Å². The molecule has 2 aliphatic heterocycles. The van der Waals surface area contributed by atoms with E-state index >= 15 is 0 Å². The molecule has 0 saturated carbocycles. The molecule has 2 heterocycles. The van der Waals surface area contributed by atoms with Crippen LogP contribution in [0.25, 0.3) is 0 Å². The SMILES string of the molecule is COc1ccc([C@H]2CCN(C(=O)CN(C)[C@H]3CCSC3)C2)cc1. The van der Waals surface area contributed by atoms with Gasteiger partial charge in [0.05, 0.1) is 13.7 Å². The Hall–Kier alpha value is -1.20. The summed E-state index contributed by atoms with van der Waals surface area (Å²) in [7, 11) is 3.77. The van der Waals surface area contributed by atoms with Crippen molar-refractivity contribution in [1.82, 2.24) is 9.80 Å². The van der Waals surface area contributed by atoms with Crippen LogP contribution in [0.5, 0.6) is 5.75 Å². The third-order valence-electron chi connectivity index (χ3n) is 5.04. The summed E-state index contributed by atoms with van der Waals surface area (Å²) in [5, 5.41) is 0. The first-order valence-electron chi connectivity index (χ1n) is 8.37. The van der Waals surface area contributed by atoms with E-state index in [1.54, 1.807) is 7.11 Å². The van der Waals surface area contributed by atoms with Crippen molar-refractivity contribution in [2.24, 2.45) is 0 Å². The lowest BCUT2D eigenvalue weighted by Crippen LogP contribution is -2.42. The molecule has 3 rings (SSSR count). The first-order chi connectivity index (χ1) is 11.2. The smallest absolute Gasteiger partial charge is 0.236 e. The second-order valence-electron chi connectivity index (χ2n) is 6.53. The molecule has 2 fully saturated rings. The van der Waals surface area contributed by atoms with Gasteiger partial charge in [0.15, 0.2) is 0 Å². The maximum absolute atomic E-state index is 12.5. The minimum atomic E-state index is 0.278. The van der Waals surface area contributed by atoms with Crippen LogP contribution >= 0.6 is 11.8 Å². The normalized spacial score (nSPS) is 24.4. The summed E-state index contributed by atoms with van der Waals surface area (Å²) >= 11 is 1.99. The first kappa shape index (κ1) is 16.7. The lowest BCUT2D eigenvalue weighted by molar-refractivity contribution is -0.131. The number of hydrogen-bond donors (Lipinski definition) is 0. The van der Waals surface area contributed by atoms with Crippen molar-refractivity contribution >= 4 is 17.7 Å². The number of ether oxygens (including phenoxy) is 1. The summed E-state index contributed by atoms with van der Waals surface area (Å²) in [6.07, 6.45) is 2.27. The Morgan fingerprint density at radius 1 is 1.35 bits per heavy atom. The predicted octanol–water partition coefficient (Wildman–Crippen LogP) is 2.45. The number of rotatable bonds is 5. The van der Waals surface area contributed by atoms with Crippen LogP contribution < -0.4 is 4.74 Å². The fourth-order valence-corrected chi connectivity index (χ4v) is 4.75. The molecular weight excluding hydrogens is 308 g/mol. The van der Waals surface area contributed by atoms with E-state index in [4.69, 9.17) is 4.74 Å². The number of carbonyl (C=O) groups excluding carboxylic acids is 1. The molecule has 1 amide bonds. The van der Waals surface area contributed by atoms with Gasteiger partial charge in [-0.15, -0.1) is 0 Å². The highest BCUT2D eigenvalue weighted by Crippen LogP contribution is 2.29. The standard InChI is InChI=1S/C18H26N2O2S/c1-19(16-8-10-23-13-16)12-18(21)20-9-7-15(11-20)14-3-5-17(22-2)6-4-14/h3-6,15-16H,7-13H2,1-2H3/t15-,16-/m0/s1. The van der Waals surface area contributed by atoms with Crippen molar-refractivity contribution in [3.05, 3.63) is 29.8 Å². The summed E-state index contributed by atoms with van der Waals surface area (Å²) in [6, 6.07) is 8.83. The molecule has 0 spiro atoms. The number of likely N-dealkylation sites (N-methyl/N-ethyl adjacent to an activating group) is 1. The largest absolute Gasteiger partial charge is 0.497 e. The van der Waals surface area contributed by atoms with Gasteiger partial charge in [-0.25, -0.2) is 0 Å². The molecule has 4 nitrogen and oxygen atoms in total. The van der Waals surface area contributed by atoms with Crippen molar-refractivity contribution in [2.45, 2.75) is 24.8 Å². The molecule has 1 aromatic carbocycles. The van der Waals surface area contributed by atoms with E-state index in [2.05, 4.69) is 24.1 Å². The number of hydrogen-bond acceptors (Lipinski definition) is 4. The van der Waals surface area contributed by atoms with Crippen molar-refractivity contribution in [3.63, 3.8) is 0 Å². The number of methoxy groups -OCH3 is 1. The maximum Gasteiger partial charge on any atom is 0.236 e. The van der Waals surface area contributed by atoms with Gasteiger partial charge < -0.3 is 9.64 Å². The number of carbonyl (C=O) groups is 1. The lowest BCUT2D eigenvalue weighted by atomic mass is 9.98. The Morgan fingerprint density at radius 3 is 2.78 bits per heavy atom. The number of thioether (sulfide) groups is 1. The number of benzene rings is 1. The molecule has 0 bridgehead atoms. The van der Waals surface area contributed by atoms with E-state index in [1.807, 2.05) is 28.8 Å². The minimum absolute atomic E-state index is 0.278. The van der Waals surface area contributed by atoms with Crippen LogP contribution in [0, 0.1) is 0 Å². The van der Waals surface area contributed by atoms with Crippen molar-refractivity contribution in [1.29, 1.82) is 0 Å². The Balaban J connectivity index is 1.52. The fourth-order valence-electron chi connectivity index (χ4n) is 3.45. The zero-order chi connectivity index (χ0) is 16.2. The summed E-state index contributed by atoms with van der Waals surface area (Å²) in [6.45, 7) is 2.28. The van der Waals surface area contributed by atoms with Gasteiger partial charge in [-0.2, -0.15) is 11.8 Å². The quantitative estimate of drug-likeness (QED) is 0.828. The highest BCUT2D eigenvalue weighted by molar-refractivity contribution is 7.99. The van der Waals surface area contributed by atoms with Crippen LogP contribution in [-0.4, -0.2) is 67.0 Å². The van der Waals surface area contributed by atoms with Gasteiger partial charge in [-0.05, 0) is 43.3 Å². The van der Waals surface area contributed by atoms with Crippen molar-refractivity contribution in [2.75, 3.05) is 45.3 Å². The predicted molar refractivity (Wildman–Crippen MR) is 95.3 cm³/mol. The average Bonchev–Trinajstić information content (AvgIpc) is 3.26. The molecule has 23 heavy (non-hydrogen) atoms. The van der Waals surface area contributed by atoms with Crippen LogP contribution in [0.2, 0.25) is 0 Å². The summed E-state index contributed by atoms with van der Waals surface area (Å²) in [5.41, 5.74) is 1.31. The topological polar surface area (TPSA) is 32.8 Å². The Morgan fingerprint density at radius 2 is 2.13 bits per heavy atom. The van der Waals surface area contributed by atoms with E-state index < -0.39 is 0 Å². The van der Waals surface area contributed by atoms with Gasteiger partial charge in [0.1, 0.15) is 5.75 Å². The molecule has 0 unspecified atom stereocenters. The van der Waals surface area contributed by atoms with Gasteiger partial charge in [-0.1, -0.05) is 12.1 Å². The van der Waals surface area contributed by atoms with Crippen LogP contribution in [0.3, 0.4) is 0 Å². The zero-order valence-electron chi connectivity index (χ0n) is 14.0. The molecule has 0 N–H and O–H groups in total. The Kier molecular flexibility index (Phi) is 5.49.